The summed E-state index contributed by atoms with van der Waals surface area (Å²) >= 11 is 0. The number of fused-ring (bicyclic) bond motifs is 1. The van der Waals surface area contributed by atoms with Crippen molar-refractivity contribution in [3.05, 3.63) is 41.9 Å². The fourth-order valence-corrected chi connectivity index (χ4v) is 3.78. The SMILES string of the molecule is O=C1CCCN1Cc1cn(C2CN(C(=O)Cc3noc4ccccc34)C2)nn1. The number of carbonyl (C=O) groups excluding carboxylic acids is 2. The Balaban J connectivity index is 1.17. The first-order valence-electron chi connectivity index (χ1n) is 9.47. The summed E-state index contributed by atoms with van der Waals surface area (Å²) in [6.45, 7) is 2.49. The van der Waals surface area contributed by atoms with Gasteiger partial charge in [-0.25, -0.2) is 4.68 Å². The molecule has 0 radical (unpaired) electrons. The molecule has 0 spiro atoms. The lowest BCUT2D eigenvalue weighted by Crippen LogP contribution is -2.51. The molecular weight excluding hydrogens is 360 g/mol. The molecule has 0 saturated carbocycles. The molecule has 2 saturated heterocycles. The lowest BCUT2D eigenvalue weighted by atomic mass is 10.1. The zero-order valence-corrected chi connectivity index (χ0v) is 15.3. The Labute approximate surface area is 160 Å². The molecule has 3 aromatic rings. The van der Waals surface area contributed by atoms with E-state index in [2.05, 4.69) is 15.5 Å². The number of hydrogen-bond acceptors (Lipinski definition) is 6. The van der Waals surface area contributed by atoms with E-state index in [0.29, 0.717) is 37.3 Å². The zero-order chi connectivity index (χ0) is 19.1. The Hall–Kier alpha value is -3.23. The number of aromatic nitrogens is 4. The van der Waals surface area contributed by atoms with Crippen molar-refractivity contribution in [2.45, 2.75) is 31.8 Å². The third-order valence-corrected chi connectivity index (χ3v) is 5.44. The summed E-state index contributed by atoms with van der Waals surface area (Å²) in [7, 11) is 0. The van der Waals surface area contributed by atoms with E-state index in [1.807, 2.05) is 35.4 Å². The maximum atomic E-state index is 12.5. The van der Waals surface area contributed by atoms with Crippen LogP contribution < -0.4 is 0 Å². The number of para-hydroxylation sites is 1. The van der Waals surface area contributed by atoms with Crippen molar-refractivity contribution in [3.63, 3.8) is 0 Å². The molecule has 4 heterocycles. The summed E-state index contributed by atoms with van der Waals surface area (Å²) in [5.74, 6) is 0.202. The van der Waals surface area contributed by atoms with Gasteiger partial charge in [-0.2, -0.15) is 0 Å². The van der Waals surface area contributed by atoms with Crippen LogP contribution in [0.4, 0.5) is 0 Å². The van der Waals surface area contributed by atoms with Crippen LogP contribution in [0.15, 0.2) is 35.0 Å². The molecule has 2 aliphatic rings. The van der Waals surface area contributed by atoms with Gasteiger partial charge in [0.05, 0.1) is 25.2 Å². The van der Waals surface area contributed by atoms with Gasteiger partial charge in [-0.3, -0.25) is 9.59 Å². The summed E-state index contributed by atoms with van der Waals surface area (Å²) in [5.41, 5.74) is 2.15. The molecule has 0 N–H and O–H groups in total. The van der Waals surface area contributed by atoms with Gasteiger partial charge in [0.15, 0.2) is 5.58 Å². The topological polar surface area (TPSA) is 97.4 Å². The third kappa shape index (κ3) is 3.02. The van der Waals surface area contributed by atoms with Crippen molar-refractivity contribution in [1.29, 1.82) is 0 Å². The molecule has 0 atom stereocenters. The molecule has 0 unspecified atom stereocenters. The van der Waals surface area contributed by atoms with Gasteiger partial charge in [-0.05, 0) is 18.6 Å². The Morgan fingerprint density at radius 2 is 2.11 bits per heavy atom. The van der Waals surface area contributed by atoms with E-state index in [4.69, 9.17) is 4.52 Å². The first kappa shape index (κ1) is 16.9. The molecule has 9 nitrogen and oxygen atoms in total. The number of amides is 2. The van der Waals surface area contributed by atoms with E-state index in [9.17, 15) is 9.59 Å². The molecule has 1 aromatic carbocycles. The number of carbonyl (C=O) groups is 2. The standard InChI is InChI=1S/C19H20N6O3/c26-18-6-3-7-23(18)9-13-10-25(22-20-13)14-11-24(12-14)19(27)8-16-15-4-1-2-5-17(15)28-21-16/h1-2,4-5,10,14H,3,6-9,11-12H2. The Morgan fingerprint density at radius 1 is 1.25 bits per heavy atom. The molecule has 2 aliphatic heterocycles. The molecule has 5 rings (SSSR count). The highest BCUT2D eigenvalue weighted by atomic mass is 16.5. The van der Waals surface area contributed by atoms with Crippen LogP contribution in [0.1, 0.15) is 30.3 Å². The maximum Gasteiger partial charge on any atom is 0.228 e. The van der Waals surface area contributed by atoms with Crippen molar-refractivity contribution in [1.82, 2.24) is 30.0 Å². The largest absolute Gasteiger partial charge is 0.356 e. The van der Waals surface area contributed by atoms with Gasteiger partial charge < -0.3 is 14.3 Å². The van der Waals surface area contributed by atoms with Gasteiger partial charge >= 0.3 is 0 Å². The average Bonchev–Trinajstić information content (AvgIpc) is 3.37. The number of hydrogen-bond donors (Lipinski definition) is 0. The van der Waals surface area contributed by atoms with Crippen LogP contribution in [0, 0.1) is 0 Å². The van der Waals surface area contributed by atoms with Crippen LogP contribution in [0.3, 0.4) is 0 Å². The molecule has 144 valence electrons. The molecular formula is C19H20N6O3. The first-order chi connectivity index (χ1) is 13.7. The number of benzene rings is 1. The van der Waals surface area contributed by atoms with Gasteiger partial charge in [0.25, 0.3) is 0 Å². The summed E-state index contributed by atoms with van der Waals surface area (Å²) in [6.07, 6.45) is 3.63. The normalized spacial score (nSPS) is 17.5. The lowest BCUT2D eigenvalue weighted by Gasteiger charge is -2.38. The Kier molecular flexibility index (Phi) is 4.07. The number of nitrogens with zero attached hydrogens (tertiary/aromatic N) is 6. The van der Waals surface area contributed by atoms with Crippen molar-refractivity contribution in [2.75, 3.05) is 19.6 Å². The predicted octanol–water partition coefficient (Wildman–Crippen LogP) is 1.17. The summed E-state index contributed by atoms with van der Waals surface area (Å²) in [6, 6.07) is 7.66. The van der Waals surface area contributed by atoms with E-state index in [-0.39, 0.29) is 24.3 Å². The maximum absolute atomic E-state index is 12.5. The van der Waals surface area contributed by atoms with Crippen molar-refractivity contribution < 1.29 is 14.1 Å². The lowest BCUT2D eigenvalue weighted by molar-refractivity contribution is -0.136. The van der Waals surface area contributed by atoms with Crippen LogP contribution in [0.25, 0.3) is 11.0 Å². The van der Waals surface area contributed by atoms with Crippen LogP contribution >= 0.6 is 0 Å². The molecule has 28 heavy (non-hydrogen) atoms. The highest BCUT2D eigenvalue weighted by molar-refractivity contribution is 5.86. The first-order valence-corrected chi connectivity index (χ1v) is 9.47. The fourth-order valence-electron chi connectivity index (χ4n) is 3.78. The van der Waals surface area contributed by atoms with Gasteiger partial charge in [0, 0.05) is 31.4 Å². The van der Waals surface area contributed by atoms with Crippen molar-refractivity contribution >= 4 is 22.8 Å². The van der Waals surface area contributed by atoms with E-state index in [1.54, 1.807) is 9.58 Å². The molecule has 0 bridgehead atoms. The summed E-state index contributed by atoms with van der Waals surface area (Å²) in [5, 5.41) is 13.3. The zero-order valence-electron chi connectivity index (χ0n) is 15.3. The van der Waals surface area contributed by atoms with Gasteiger partial charge in [-0.1, -0.05) is 22.5 Å². The third-order valence-electron chi connectivity index (χ3n) is 5.44. The minimum Gasteiger partial charge on any atom is -0.356 e. The second-order valence-electron chi connectivity index (χ2n) is 7.36. The van der Waals surface area contributed by atoms with E-state index in [1.165, 1.54) is 0 Å². The van der Waals surface area contributed by atoms with Crippen LogP contribution in [0.5, 0.6) is 0 Å². The Morgan fingerprint density at radius 3 is 2.93 bits per heavy atom. The predicted molar refractivity (Wildman–Crippen MR) is 98.0 cm³/mol. The summed E-state index contributed by atoms with van der Waals surface area (Å²) in [4.78, 5) is 27.9. The van der Waals surface area contributed by atoms with E-state index < -0.39 is 0 Å². The number of rotatable bonds is 5. The van der Waals surface area contributed by atoms with Crippen LogP contribution in [0.2, 0.25) is 0 Å². The molecule has 2 fully saturated rings. The Bertz CT molecular complexity index is 1040. The second-order valence-corrected chi connectivity index (χ2v) is 7.36. The molecule has 2 amide bonds. The summed E-state index contributed by atoms with van der Waals surface area (Å²) < 4.78 is 7.06. The second kappa shape index (κ2) is 6.74. The highest BCUT2D eigenvalue weighted by Crippen LogP contribution is 2.24. The molecule has 2 aromatic heterocycles. The smallest absolute Gasteiger partial charge is 0.228 e. The molecule has 9 heteroatoms. The van der Waals surface area contributed by atoms with Crippen LogP contribution in [-0.2, 0) is 22.6 Å². The fraction of sp³-hybridized carbons (Fsp3) is 0.421. The quantitative estimate of drug-likeness (QED) is 0.659. The van der Waals surface area contributed by atoms with Gasteiger partial charge in [-0.15, -0.1) is 5.10 Å². The minimum absolute atomic E-state index is 0.0262. The van der Waals surface area contributed by atoms with Crippen LogP contribution in [-0.4, -0.2) is 61.4 Å². The van der Waals surface area contributed by atoms with Crippen molar-refractivity contribution in [3.8, 4) is 0 Å². The average molecular weight is 380 g/mol. The number of likely N-dealkylation sites (tertiary alicyclic amines) is 2. The van der Waals surface area contributed by atoms with Gasteiger partial charge in [0.1, 0.15) is 11.4 Å². The van der Waals surface area contributed by atoms with Gasteiger partial charge in [0.2, 0.25) is 11.8 Å². The minimum atomic E-state index is 0.0262. The molecule has 0 aliphatic carbocycles. The van der Waals surface area contributed by atoms with Crippen molar-refractivity contribution in [2.24, 2.45) is 0 Å². The highest BCUT2D eigenvalue weighted by Gasteiger charge is 2.33. The van der Waals surface area contributed by atoms with E-state index >= 15 is 0 Å². The monoisotopic (exact) mass is 380 g/mol. The van der Waals surface area contributed by atoms with E-state index in [0.717, 1.165) is 24.0 Å².